The zero-order chi connectivity index (χ0) is 39.2. The number of para-hydroxylation sites is 2. The van der Waals surface area contributed by atoms with Crippen molar-refractivity contribution >= 4 is 33.0 Å². The highest BCUT2D eigenvalue weighted by Crippen LogP contribution is 2.36. The topological polar surface area (TPSA) is 137 Å². The quantitative estimate of drug-likeness (QED) is 0.138. The van der Waals surface area contributed by atoms with Crippen LogP contribution in [0.1, 0.15) is 58.8 Å². The van der Waals surface area contributed by atoms with Crippen molar-refractivity contribution in [1.29, 1.82) is 0 Å². The summed E-state index contributed by atoms with van der Waals surface area (Å²) >= 11 is 0. The lowest BCUT2D eigenvalue weighted by Crippen LogP contribution is -2.60. The van der Waals surface area contributed by atoms with Crippen molar-refractivity contribution in [3.05, 3.63) is 90.3 Å². The van der Waals surface area contributed by atoms with Crippen molar-refractivity contribution < 1.29 is 27.9 Å². The third kappa shape index (κ3) is 8.90. The number of carbonyl (C=O) groups is 2. The first kappa shape index (κ1) is 40.7. The average Bonchev–Trinajstić information content (AvgIpc) is 3.68. The van der Waals surface area contributed by atoms with Crippen molar-refractivity contribution in [2.24, 2.45) is 18.4 Å². The Morgan fingerprint density at radius 2 is 1.63 bits per heavy atom. The van der Waals surface area contributed by atoms with Gasteiger partial charge < -0.3 is 29.5 Å². The van der Waals surface area contributed by atoms with Crippen LogP contribution in [0.3, 0.4) is 0 Å². The summed E-state index contributed by atoms with van der Waals surface area (Å²) in [5.74, 6) is 0.857. The first-order valence-electron chi connectivity index (χ1n) is 18.8. The molecule has 292 valence electrons. The minimum Gasteiger partial charge on any atom is -0.497 e. The SMILES string of the molecule is CCC(C)(CC)[C@@H](C(=O)N[C@@H](Cc1ccccc1)[C@H](O)CN(CC(C)C)S(=O)(=O)c1ccc(OC)cc1)N1CCN(Cc2nc3ccccc3n2C)C1=O. The summed E-state index contributed by atoms with van der Waals surface area (Å²) in [5, 5.41) is 15.1. The predicted molar refractivity (Wildman–Crippen MR) is 210 cm³/mol. The van der Waals surface area contributed by atoms with Gasteiger partial charge in [-0.25, -0.2) is 18.2 Å². The van der Waals surface area contributed by atoms with E-state index >= 15 is 0 Å². The smallest absolute Gasteiger partial charge is 0.321 e. The molecule has 0 aliphatic carbocycles. The number of hydrogen-bond acceptors (Lipinski definition) is 7. The fourth-order valence-electron chi connectivity index (χ4n) is 7.29. The van der Waals surface area contributed by atoms with Crippen molar-refractivity contribution in [2.45, 2.75) is 83.5 Å². The Labute approximate surface area is 320 Å². The molecule has 0 bridgehead atoms. The molecule has 0 radical (unpaired) electrons. The number of urea groups is 1. The van der Waals surface area contributed by atoms with Crippen LogP contribution in [0.2, 0.25) is 0 Å². The van der Waals surface area contributed by atoms with Gasteiger partial charge in [0.2, 0.25) is 15.9 Å². The van der Waals surface area contributed by atoms with Crippen LogP contribution in [0.15, 0.2) is 83.8 Å². The van der Waals surface area contributed by atoms with E-state index in [4.69, 9.17) is 9.72 Å². The summed E-state index contributed by atoms with van der Waals surface area (Å²) in [5.41, 5.74) is 2.11. The number of sulfonamides is 1. The Kier molecular flexibility index (Phi) is 13.1. The number of rotatable bonds is 18. The number of carbonyl (C=O) groups excluding carboxylic acids is 2. The van der Waals surface area contributed by atoms with Crippen LogP contribution in [0.5, 0.6) is 5.75 Å². The number of aliphatic hydroxyl groups is 1. The second-order valence-corrected chi connectivity index (χ2v) is 16.9. The molecule has 1 aliphatic heterocycles. The summed E-state index contributed by atoms with van der Waals surface area (Å²) in [7, 11) is -0.572. The van der Waals surface area contributed by atoms with E-state index in [-0.39, 0.29) is 42.3 Å². The van der Waals surface area contributed by atoms with Gasteiger partial charge in [-0.15, -0.1) is 0 Å². The second-order valence-electron chi connectivity index (χ2n) is 15.0. The van der Waals surface area contributed by atoms with Gasteiger partial charge in [-0.3, -0.25) is 4.79 Å². The third-order valence-electron chi connectivity index (χ3n) is 10.9. The van der Waals surface area contributed by atoms with Crippen LogP contribution >= 0.6 is 0 Å². The van der Waals surface area contributed by atoms with Crippen LogP contribution in [-0.4, -0.2) is 101 Å². The number of methoxy groups -OCH3 is 1. The van der Waals surface area contributed by atoms with Gasteiger partial charge in [0.1, 0.15) is 17.6 Å². The second kappa shape index (κ2) is 17.3. The maximum Gasteiger partial charge on any atom is 0.321 e. The van der Waals surface area contributed by atoms with Crippen LogP contribution in [0.4, 0.5) is 4.79 Å². The molecule has 3 atom stereocenters. The molecule has 5 rings (SSSR count). The van der Waals surface area contributed by atoms with E-state index in [0.717, 1.165) is 22.4 Å². The first-order chi connectivity index (χ1) is 25.7. The zero-order valence-corrected chi connectivity index (χ0v) is 33.4. The molecule has 54 heavy (non-hydrogen) atoms. The lowest BCUT2D eigenvalue weighted by molar-refractivity contribution is -0.131. The zero-order valence-electron chi connectivity index (χ0n) is 32.6. The molecule has 1 fully saturated rings. The minimum absolute atomic E-state index is 0.0418. The number of aliphatic hydroxyl groups excluding tert-OH is 1. The molecular formula is C41H56N6O6S. The number of amides is 3. The van der Waals surface area contributed by atoms with Crippen molar-refractivity contribution in [1.82, 2.24) is 29.0 Å². The third-order valence-corrected chi connectivity index (χ3v) is 12.8. The highest BCUT2D eigenvalue weighted by Gasteiger charge is 2.47. The molecule has 2 N–H and O–H groups in total. The summed E-state index contributed by atoms with van der Waals surface area (Å²) < 4.78 is 36.5. The number of hydrogen-bond donors (Lipinski definition) is 2. The number of aromatic nitrogens is 2. The van der Waals surface area contributed by atoms with Gasteiger partial charge in [0.25, 0.3) is 0 Å². The van der Waals surface area contributed by atoms with Crippen molar-refractivity contribution in [3.8, 4) is 5.75 Å². The van der Waals surface area contributed by atoms with E-state index in [1.165, 1.54) is 23.5 Å². The standard InChI is InChI=1S/C41H56N6O6S/c1-8-41(5,9-2)38(47-24-23-45(40(47)50)28-37-42-33-17-13-14-18-35(33)44(37)6)39(49)43-34(25-30-15-11-10-12-16-30)36(48)27-46(26-29(3)4)54(51,52)32-21-19-31(53-7)20-22-32/h10-22,29,34,36,38,48H,8-9,23-28H2,1-7H3,(H,43,49)/t34-,36+,38+/m0/s1. The molecule has 1 aromatic heterocycles. The van der Waals surface area contributed by atoms with E-state index in [9.17, 15) is 23.1 Å². The number of ether oxygens (including phenoxy) is 1. The Balaban J connectivity index is 1.43. The van der Waals surface area contributed by atoms with Gasteiger partial charge >= 0.3 is 6.03 Å². The maximum atomic E-state index is 14.7. The predicted octanol–water partition coefficient (Wildman–Crippen LogP) is 5.45. The molecule has 3 aromatic carbocycles. The average molecular weight is 761 g/mol. The Morgan fingerprint density at radius 3 is 2.24 bits per heavy atom. The van der Waals surface area contributed by atoms with E-state index in [1.54, 1.807) is 21.9 Å². The van der Waals surface area contributed by atoms with Gasteiger partial charge in [0.05, 0.1) is 41.7 Å². The van der Waals surface area contributed by atoms with Gasteiger partial charge in [0.15, 0.2) is 0 Å². The number of imidazole rings is 1. The maximum absolute atomic E-state index is 14.7. The van der Waals surface area contributed by atoms with E-state index < -0.39 is 33.6 Å². The van der Waals surface area contributed by atoms with Gasteiger partial charge in [-0.2, -0.15) is 4.31 Å². The Morgan fingerprint density at radius 1 is 0.981 bits per heavy atom. The summed E-state index contributed by atoms with van der Waals surface area (Å²) in [6.07, 6.45) is 0.231. The van der Waals surface area contributed by atoms with Gasteiger partial charge in [0, 0.05) is 33.2 Å². The summed E-state index contributed by atoms with van der Waals surface area (Å²) in [6.45, 7) is 10.9. The van der Waals surface area contributed by atoms with E-state index in [1.807, 2.05) is 101 Å². The fraction of sp³-hybridized carbons (Fsp3) is 0.488. The largest absolute Gasteiger partial charge is 0.497 e. The van der Waals surface area contributed by atoms with Crippen molar-refractivity contribution in [3.63, 3.8) is 0 Å². The lowest BCUT2D eigenvalue weighted by atomic mass is 9.76. The molecule has 0 unspecified atom stereocenters. The normalized spacial score (nSPS) is 15.6. The molecule has 4 aromatic rings. The molecule has 3 amide bonds. The summed E-state index contributed by atoms with van der Waals surface area (Å²) in [6, 6.07) is 21.5. The number of nitrogens with zero attached hydrogens (tertiary/aromatic N) is 5. The summed E-state index contributed by atoms with van der Waals surface area (Å²) in [4.78, 5) is 37.2. The lowest BCUT2D eigenvalue weighted by Gasteiger charge is -2.41. The molecule has 0 spiro atoms. The molecule has 1 saturated heterocycles. The highest BCUT2D eigenvalue weighted by molar-refractivity contribution is 7.89. The van der Waals surface area contributed by atoms with Crippen LogP contribution in [0, 0.1) is 11.3 Å². The first-order valence-corrected chi connectivity index (χ1v) is 20.3. The molecule has 0 saturated carbocycles. The minimum atomic E-state index is -4.02. The van der Waals surface area contributed by atoms with Gasteiger partial charge in [-0.05, 0) is 72.6 Å². The number of aryl methyl sites for hydroxylation is 1. The Bertz CT molecular complexity index is 1980. The molecule has 1 aliphatic rings. The van der Waals surface area contributed by atoms with E-state index in [0.29, 0.717) is 38.2 Å². The monoisotopic (exact) mass is 760 g/mol. The van der Waals surface area contributed by atoms with Crippen LogP contribution in [0.25, 0.3) is 11.0 Å². The molecular weight excluding hydrogens is 705 g/mol. The van der Waals surface area contributed by atoms with Gasteiger partial charge in [-0.1, -0.05) is 77.1 Å². The molecule has 2 heterocycles. The Hall–Kier alpha value is -4.46. The fourth-order valence-corrected chi connectivity index (χ4v) is 8.91. The van der Waals surface area contributed by atoms with Crippen LogP contribution in [-0.2, 0) is 34.8 Å². The van der Waals surface area contributed by atoms with Crippen molar-refractivity contribution in [2.75, 3.05) is 33.3 Å². The number of benzene rings is 3. The number of fused-ring (bicyclic) bond motifs is 1. The molecule has 13 heteroatoms. The number of nitrogens with one attached hydrogen (secondary N) is 1. The highest BCUT2D eigenvalue weighted by atomic mass is 32.2. The molecule has 12 nitrogen and oxygen atoms in total. The van der Waals surface area contributed by atoms with E-state index in [2.05, 4.69) is 5.32 Å². The van der Waals surface area contributed by atoms with Crippen LogP contribution < -0.4 is 10.1 Å².